The number of hydrogen-bond acceptors (Lipinski definition) is 4. The Balaban J connectivity index is 1.65. The minimum Gasteiger partial charge on any atom is -0.459 e. The van der Waals surface area contributed by atoms with Crippen LogP contribution in [0.2, 0.25) is 0 Å². The Kier molecular flexibility index (Phi) is 7.17. The van der Waals surface area contributed by atoms with Gasteiger partial charge in [-0.15, -0.1) is 0 Å². The zero-order valence-corrected chi connectivity index (χ0v) is 17.8. The standard InChI is InChI=1S/C21H21BrN2O3S/c1-28-11-10-18(24-20(25)16-7-3-4-8-17(16)22)21(26)23-13-15-12-14-6-2-5-9-19(14)27-15/h2-9,12,18H,10-11,13H2,1H3,(H,23,26)(H,24,25). The van der Waals surface area contributed by atoms with E-state index in [4.69, 9.17) is 4.42 Å². The number of fused-ring (bicyclic) bond motifs is 1. The van der Waals surface area contributed by atoms with Gasteiger partial charge in [-0.05, 0) is 58.6 Å². The Hall–Kier alpha value is -2.25. The number of rotatable bonds is 8. The minimum absolute atomic E-state index is 0.227. The fourth-order valence-electron chi connectivity index (χ4n) is 2.81. The van der Waals surface area contributed by atoms with Crippen molar-refractivity contribution in [3.8, 4) is 0 Å². The zero-order chi connectivity index (χ0) is 19.9. The van der Waals surface area contributed by atoms with Gasteiger partial charge < -0.3 is 15.1 Å². The number of thioether (sulfide) groups is 1. The Morgan fingerprint density at radius 3 is 2.64 bits per heavy atom. The second-order valence-corrected chi connectivity index (χ2v) is 8.10. The van der Waals surface area contributed by atoms with Gasteiger partial charge in [-0.1, -0.05) is 30.3 Å². The van der Waals surface area contributed by atoms with Gasteiger partial charge in [0.25, 0.3) is 5.91 Å². The normalized spacial score (nSPS) is 11.9. The summed E-state index contributed by atoms with van der Waals surface area (Å²) in [5.74, 6) is 0.932. The molecule has 0 aliphatic carbocycles. The van der Waals surface area contributed by atoms with Crippen LogP contribution in [0.25, 0.3) is 11.0 Å². The summed E-state index contributed by atoms with van der Waals surface area (Å²) in [5, 5.41) is 6.71. The smallest absolute Gasteiger partial charge is 0.253 e. The highest BCUT2D eigenvalue weighted by Crippen LogP contribution is 2.19. The molecule has 1 heterocycles. The van der Waals surface area contributed by atoms with Gasteiger partial charge in [-0.25, -0.2) is 0 Å². The fraction of sp³-hybridized carbons (Fsp3) is 0.238. The second-order valence-electron chi connectivity index (χ2n) is 6.26. The van der Waals surface area contributed by atoms with Gasteiger partial charge in [0.05, 0.1) is 12.1 Å². The molecular formula is C21H21BrN2O3S. The molecule has 3 rings (SSSR count). The summed E-state index contributed by atoms with van der Waals surface area (Å²) in [6.07, 6.45) is 2.52. The molecule has 2 N–H and O–H groups in total. The van der Waals surface area contributed by atoms with E-state index in [9.17, 15) is 9.59 Å². The first-order chi connectivity index (χ1) is 13.6. The summed E-state index contributed by atoms with van der Waals surface area (Å²) in [5.41, 5.74) is 1.29. The van der Waals surface area contributed by atoms with Crippen molar-refractivity contribution in [1.82, 2.24) is 10.6 Å². The molecule has 1 unspecified atom stereocenters. The van der Waals surface area contributed by atoms with Crippen LogP contribution in [0.3, 0.4) is 0 Å². The molecule has 0 saturated carbocycles. The highest BCUT2D eigenvalue weighted by molar-refractivity contribution is 9.10. The minimum atomic E-state index is -0.614. The topological polar surface area (TPSA) is 71.3 Å². The predicted octanol–water partition coefficient (Wildman–Crippen LogP) is 4.36. The van der Waals surface area contributed by atoms with Crippen LogP contribution in [0.1, 0.15) is 22.5 Å². The number of carbonyl (C=O) groups excluding carboxylic acids is 2. The van der Waals surface area contributed by atoms with Crippen molar-refractivity contribution in [1.29, 1.82) is 0 Å². The fourth-order valence-corrected chi connectivity index (χ4v) is 3.74. The third-order valence-corrected chi connectivity index (χ3v) is 5.60. The van der Waals surface area contributed by atoms with Crippen LogP contribution >= 0.6 is 27.7 Å². The van der Waals surface area contributed by atoms with E-state index in [1.165, 1.54) is 0 Å². The average molecular weight is 461 g/mol. The molecule has 0 bridgehead atoms. The molecule has 1 atom stereocenters. The Bertz CT molecular complexity index is 940. The van der Waals surface area contributed by atoms with E-state index in [1.54, 1.807) is 30.0 Å². The van der Waals surface area contributed by atoms with E-state index in [1.807, 2.05) is 42.7 Å². The van der Waals surface area contributed by atoms with E-state index >= 15 is 0 Å². The van der Waals surface area contributed by atoms with E-state index in [2.05, 4.69) is 26.6 Å². The lowest BCUT2D eigenvalue weighted by Crippen LogP contribution is -2.46. The first kappa shape index (κ1) is 20.5. The molecule has 2 amide bonds. The van der Waals surface area contributed by atoms with E-state index in [-0.39, 0.29) is 18.4 Å². The molecule has 0 radical (unpaired) electrons. The molecule has 0 spiro atoms. The molecule has 0 saturated heterocycles. The Morgan fingerprint density at radius 1 is 1.14 bits per heavy atom. The molecule has 1 aromatic heterocycles. The lowest BCUT2D eigenvalue weighted by Gasteiger charge is -2.18. The molecule has 0 aliphatic rings. The van der Waals surface area contributed by atoms with Crippen LogP contribution in [0, 0.1) is 0 Å². The van der Waals surface area contributed by atoms with Gasteiger partial charge in [0, 0.05) is 9.86 Å². The number of amides is 2. The highest BCUT2D eigenvalue weighted by Gasteiger charge is 2.22. The first-order valence-electron chi connectivity index (χ1n) is 8.88. The molecule has 5 nitrogen and oxygen atoms in total. The van der Waals surface area contributed by atoms with Crippen molar-refractivity contribution in [2.24, 2.45) is 0 Å². The lowest BCUT2D eigenvalue weighted by atomic mass is 10.1. The van der Waals surface area contributed by atoms with Crippen LogP contribution in [0.15, 0.2) is 63.5 Å². The van der Waals surface area contributed by atoms with Crippen LogP contribution in [0.5, 0.6) is 0 Å². The summed E-state index contributed by atoms with van der Waals surface area (Å²) in [4.78, 5) is 25.3. The van der Waals surface area contributed by atoms with Crippen molar-refractivity contribution >= 4 is 50.5 Å². The molecule has 0 aliphatic heterocycles. The monoisotopic (exact) mass is 460 g/mol. The molecule has 146 valence electrons. The van der Waals surface area contributed by atoms with Crippen molar-refractivity contribution in [3.05, 3.63) is 70.4 Å². The quantitative estimate of drug-likeness (QED) is 0.523. The van der Waals surface area contributed by atoms with Gasteiger partial charge in [-0.3, -0.25) is 9.59 Å². The molecule has 28 heavy (non-hydrogen) atoms. The highest BCUT2D eigenvalue weighted by atomic mass is 79.9. The van der Waals surface area contributed by atoms with Crippen LogP contribution in [0.4, 0.5) is 0 Å². The second kappa shape index (κ2) is 9.80. The van der Waals surface area contributed by atoms with Gasteiger partial charge >= 0.3 is 0 Å². The summed E-state index contributed by atoms with van der Waals surface area (Å²) < 4.78 is 6.43. The summed E-state index contributed by atoms with van der Waals surface area (Å²) in [6.45, 7) is 0.272. The number of nitrogens with one attached hydrogen (secondary N) is 2. The molecule has 2 aromatic carbocycles. The van der Waals surface area contributed by atoms with Crippen molar-refractivity contribution in [2.75, 3.05) is 12.0 Å². The molecular weight excluding hydrogens is 440 g/mol. The van der Waals surface area contributed by atoms with E-state index in [0.717, 1.165) is 16.7 Å². The van der Waals surface area contributed by atoms with Gasteiger partial charge in [0.1, 0.15) is 17.4 Å². The number of hydrogen-bond donors (Lipinski definition) is 2. The number of benzene rings is 2. The van der Waals surface area contributed by atoms with E-state index in [0.29, 0.717) is 22.2 Å². The van der Waals surface area contributed by atoms with Gasteiger partial charge in [-0.2, -0.15) is 11.8 Å². The van der Waals surface area contributed by atoms with Crippen molar-refractivity contribution in [2.45, 2.75) is 19.0 Å². The maximum absolute atomic E-state index is 12.7. The molecule has 0 fully saturated rings. The Labute approximate surface area is 176 Å². The largest absolute Gasteiger partial charge is 0.459 e. The van der Waals surface area contributed by atoms with Gasteiger partial charge in [0.15, 0.2) is 0 Å². The van der Waals surface area contributed by atoms with Crippen LogP contribution < -0.4 is 10.6 Å². The number of carbonyl (C=O) groups is 2. The maximum atomic E-state index is 12.7. The lowest BCUT2D eigenvalue weighted by molar-refractivity contribution is -0.123. The van der Waals surface area contributed by atoms with Crippen LogP contribution in [-0.2, 0) is 11.3 Å². The zero-order valence-electron chi connectivity index (χ0n) is 15.4. The van der Waals surface area contributed by atoms with Crippen molar-refractivity contribution in [3.63, 3.8) is 0 Å². The molecule has 3 aromatic rings. The first-order valence-corrected chi connectivity index (χ1v) is 11.1. The van der Waals surface area contributed by atoms with Gasteiger partial charge in [0.2, 0.25) is 5.91 Å². The maximum Gasteiger partial charge on any atom is 0.253 e. The molecule has 7 heteroatoms. The third-order valence-electron chi connectivity index (χ3n) is 4.26. The Morgan fingerprint density at radius 2 is 1.89 bits per heavy atom. The number of halogens is 1. The van der Waals surface area contributed by atoms with E-state index < -0.39 is 6.04 Å². The SMILES string of the molecule is CSCCC(NC(=O)c1ccccc1Br)C(=O)NCc1cc2ccccc2o1. The summed E-state index contributed by atoms with van der Waals surface area (Å²) in [6, 6.07) is 16.1. The number of para-hydroxylation sites is 1. The summed E-state index contributed by atoms with van der Waals surface area (Å²) in [7, 11) is 0. The summed E-state index contributed by atoms with van der Waals surface area (Å²) >= 11 is 5.01. The number of furan rings is 1. The predicted molar refractivity (Wildman–Crippen MR) is 116 cm³/mol. The third kappa shape index (κ3) is 5.17. The van der Waals surface area contributed by atoms with Crippen LogP contribution in [-0.4, -0.2) is 29.9 Å². The van der Waals surface area contributed by atoms with Crippen molar-refractivity contribution < 1.29 is 14.0 Å². The average Bonchev–Trinajstić information content (AvgIpc) is 3.12.